The first kappa shape index (κ1) is 94.5. The third kappa shape index (κ3) is 18.6. The molecule has 0 amide bonds. The summed E-state index contributed by atoms with van der Waals surface area (Å²) in [5.41, 5.74) is -0.894. The lowest BCUT2D eigenvalue weighted by Crippen LogP contribution is -2.08. The van der Waals surface area contributed by atoms with Crippen LogP contribution in [0.15, 0.2) is 262 Å². The summed E-state index contributed by atoms with van der Waals surface area (Å²) in [4.78, 5) is 74.4. The van der Waals surface area contributed by atoms with Crippen molar-refractivity contribution >= 4 is 65.8 Å². The van der Waals surface area contributed by atoms with Gasteiger partial charge in [0.1, 0.15) is 129 Å². The van der Waals surface area contributed by atoms with Crippen LogP contribution in [0.5, 0.6) is 144 Å². The number of aliphatic hydroxyl groups excluding tert-OH is 1. The van der Waals surface area contributed by atoms with Crippen LogP contribution in [0.3, 0.4) is 0 Å². The number of phenols is 18. The summed E-state index contributed by atoms with van der Waals surface area (Å²) in [7, 11) is 9.53. The second kappa shape index (κ2) is 39.4. The van der Waals surface area contributed by atoms with E-state index in [-0.39, 0.29) is 186 Å². The normalized spacial score (nSPS) is 10.8. The molecular formula is C98H76O38. The molecule has 136 heavy (non-hydrogen) atoms. The van der Waals surface area contributed by atoms with Crippen molar-refractivity contribution in [2.45, 2.75) is 6.61 Å². The summed E-state index contributed by atoms with van der Waals surface area (Å²) >= 11 is 0. The number of aromatic hydroxyl groups is 18. The minimum Gasteiger partial charge on any atom is -0.508 e. The summed E-state index contributed by atoms with van der Waals surface area (Å²) in [6.45, 7) is -0.660. The molecule has 696 valence electrons. The third-order valence-corrected chi connectivity index (χ3v) is 20.4. The molecule has 0 fully saturated rings. The number of ether oxygens (including phenoxy) is 7. The topological polar surface area (TPSA) is 630 Å². The number of rotatable bonds is 14. The van der Waals surface area contributed by atoms with Crippen molar-refractivity contribution in [3.05, 3.63) is 273 Å². The molecule has 0 bridgehead atoms. The number of hydrogen-bond acceptors (Lipinski definition) is 38. The van der Waals surface area contributed by atoms with Gasteiger partial charge in [-0.3, -0.25) is 28.8 Å². The van der Waals surface area contributed by atoms with Crippen molar-refractivity contribution in [3.63, 3.8) is 0 Å². The first-order valence-corrected chi connectivity index (χ1v) is 39.4. The van der Waals surface area contributed by atoms with E-state index >= 15 is 0 Å². The predicted molar refractivity (Wildman–Crippen MR) is 489 cm³/mol. The van der Waals surface area contributed by atoms with E-state index in [0.717, 1.165) is 54.6 Å². The van der Waals surface area contributed by atoms with E-state index in [1.807, 2.05) is 24.3 Å². The van der Waals surface area contributed by atoms with E-state index in [1.54, 1.807) is 79.9 Å². The number of aliphatic hydroxyl groups is 1. The molecule has 0 atom stereocenters. The Kier molecular flexibility index (Phi) is 27.4. The molecule has 0 aliphatic rings. The molecule has 6 heterocycles. The molecule has 38 nitrogen and oxygen atoms in total. The van der Waals surface area contributed by atoms with Gasteiger partial charge in [-0.2, -0.15) is 0 Å². The van der Waals surface area contributed by atoms with Crippen molar-refractivity contribution in [2.75, 3.05) is 49.8 Å². The van der Waals surface area contributed by atoms with Crippen LogP contribution in [-0.2, 0) is 6.61 Å². The van der Waals surface area contributed by atoms with Crippen molar-refractivity contribution in [2.24, 2.45) is 0 Å². The second-order valence-electron chi connectivity index (χ2n) is 28.7. The lowest BCUT2D eigenvalue weighted by atomic mass is 10.1. The van der Waals surface area contributed by atoms with Crippen LogP contribution in [-0.4, -0.2) is 147 Å². The highest BCUT2D eigenvalue weighted by molar-refractivity contribution is 5.96. The van der Waals surface area contributed by atoms with Crippen molar-refractivity contribution in [1.29, 1.82) is 0 Å². The van der Waals surface area contributed by atoms with E-state index < -0.39 is 96.7 Å². The monoisotopic (exact) mass is 1860 g/mol. The maximum Gasteiger partial charge on any atom is 0.239 e. The van der Waals surface area contributed by atoms with Crippen LogP contribution < -0.4 is 65.7 Å². The van der Waals surface area contributed by atoms with Crippen LogP contribution in [0.1, 0.15) is 5.56 Å². The lowest BCUT2D eigenvalue weighted by molar-refractivity contribution is 0.269. The first-order valence-electron chi connectivity index (χ1n) is 39.4. The van der Waals surface area contributed by atoms with Crippen molar-refractivity contribution in [3.8, 4) is 212 Å². The molecule has 18 aromatic rings. The first-order chi connectivity index (χ1) is 65.0. The highest BCUT2D eigenvalue weighted by atomic mass is 16.5. The van der Waals surface area contributed by atoms with Crippen LogP contribution in [0.2, 0.25) is 0 Å². The van der Waals surface area contributed by atoms with Gasteiger partial charge in [-0.05, 0) is 78.9 Å². The van der Waals surface area contributed by atoms with Gasteiger partial charge in [0.15, 0.2) is 90.7 Å². The second-order valence-corrected chi connectivity index (χ2v) is 28.7. The highest BCUT2D eigenvalue weighted by Gasteiger charge is 2.29. The van der Waals surface area contributed by atoms with Gasteiger partial charge in [-0.15, -0.1) is 0 Å². The Bertz CT molecular complexity index is 8060. The summed E-state index contributed by atoms with van der Waals surface area (Å²) < 4.78 is 69.4. The predicted octanol–water partition coefficient (Wildman–Crippen LogP) is 15.0. The van der Waals surface area contributed by atoms with Crippen molar-refractivity contribution in [1.82, 2.24) is 0 Å². The Hall–Kier alpha value is -19.1. The Morgan fingerprint density at radius 3 is 1.22 bits per heavy atom. The maximum absolute atomic E-state index is 12.8. The Morgan fingerprint density at radius 1 is 0.250 bits per heavy atom. The Labute approximate surface area is 760 Å². The van der Waals surface area contributed by atoms with Gasteiger partial charge in [0.05, 0.1) is 67.5 Å². The largest absolute Gasteiger partial charge is 0.508 e. The van der Waals surface area contributed by atoms with E-state index in [4.69, 9.17) is 59.7 Å². The lowest BCUT2D eigenvalue weighted by Gasteiger charge is -2.13. The van der Waals surface area contributed by atoms with Gasteiger partial charge >= 0.3 is 0 Å². The molecule has 0 aliphatic carbocycles. The summed E-state index contributed by atoms with van der Waals surface area (Å²) in [6, 6.07) is 49.7. The van der Waals surface area contributed by atoms with Gasteiger partial charge in [-0.25, -0.2) is 0 Å². The molecule has 0 saturated heterocycles. The summed E-state index contributed by atoms with van der Waals surface area (Å²) in [5.74, 6) is -6.37. The van der Waals surface area contributed by atoms with E-state index in [1.165, 1.54) is 97.3 Å². The van der Waals surface area contributed by atoms with Gasteiger partial charge in [-0.1, -0.05) is 60.7 Å². The van der Waals surface area contributed by atoms with E-state index in [0.29, 0.717) is 39.3 Å². The van der Waals surface area contributed by atoms with Crippen LogP contribution in [0.4, 0.5) is 0 Å². The molecule has 0 spiro atoms. The average Bonchev–Trinajstić information content (AvgIpc) is 0.754. The standard InChI is InChI=1S/C18H16O8.C17H14O6.2C16H12O6.C16H12O5.C15H10O7/c1-24-12-5-8(3-4-10(12)20)17-18(25-2)16(23)14-13(26-17)6-11(21)9(7-19)15(14)22;1-21-15-11(19)8-10(18)12-13(20)17(22-2)14(23-16(12)15)9-6-4-3-5-7-9;1-21-9-4-2-8(3-5-9)12-6-10(17)14-13(22-12)7-11(18)15(19)16(14)20;1-21-16-14(20)13-11(19)6-10(18)7-12(13)22-15(16)8-2-4-9(17)5-3-8;1-20-15-12(19)7-10(17)14-11(18)8-13(21-16(14)15)9-5-3-2-4-6-9;16-6-3-9(18)13-10(19)5-11(22-12(13)4-6)7-1-2-8(17)15(21)14(7)20/h3-6,19-22H,7H2,1-2H3;3-8,18-19H,1-2H3;2-7,18-20H,1H3;2-7,17-19H,1H3;2-8,17,19H,1H3;1-5,16-18,20-21H. The average molecular weight is 1860 g/mol. The minimum atomic E-state index is -0.753. The highest BCUT2D eigenvalue weighted by Crippen LogP contribution is 2.49. The van der Waals surface area contributed by atoms with Crippen LogP contribution >= 0.6 is 0 Å². The molecule has 0 aliphatic heterocycles. The van der Waals surface area contributed by atoms with Gasteiger partial charge < -0.3 is 157 Å². The van der Waals surface area contributed by atoms with Gasteiger partial charge in [0, 0.05) is 94.5 Å². The number of benzene rings is 12. The van der Waals surface area contributed by atoms with Crippen LogP contribution in [0, 0.1) is 0 Å². The summed E-state index contributed by atoms with van der Waals surface area (Å²) in [6.07, 6.45) is 0. The minimum absolute atomic E-state index is 0.0117. The molecule has 18 rings (SSSR count). The molecule has 0 unspecified atom stereocenters. The summed E-state index contributed by atoms with van der Waals surface area (Å²) in [5, 5.41) is 183. The third-order valence-electron chi connectivity index (χ3n) is 20.4. The number of hydrogen-bond donors (Lipinski definition) is 19. The number of methoxy groups -OCH3 is 7. The van der Waals surface area contributed by atoms with Crippen LogP contribution in [0.25, 0.3) is 134 Å². The van der Waals surface area contributed by atoms with Gasteiger partial charge in [0.2, 0.25) is 56.5 Å². The quantitative estimate of drug-likeness (QED) is 0.0450. The number of phenolic OH excluding ortho intramolecular Hbond substituents is 16. The zero-order valence-electron chi connectivity index (χ0n) is 71.6. The zero-order valence-corrected chi connectivity index (χ0v) is 71.6. The SMILES string of the molecule is COc1c(-c2ccc(O)cc2)oc2cc(O)cc(O)c2c1=O.COc1c(-c2ccccc2)oc2c(OC)c(O)cc(O)c2c1=O.COc1c(O)cc(O)c2c(=O)cc(-c3ccccc3)oc12.COc1cc(-c2oc3cc(O)c(CO)c(O)c3c(=O)c2OC)ccc1O.COc1ccc(-c2cc(=O)c3c(O)c(O)c(O)cc3o2)cc1.O=c1cc(-c2ccc(O)c(O)c2O)oc2cc(O)cc(O)c12. The van der Waals surface area contributed by atoms with Gasteiger partial charge in [0.25, 0.3) is 0 Å². The Morgan fingerprint density at radius 2 is 0.662 bits per heavy atom. The molecule has 19 N–H and O–H groups in total. The van der Waals surface area contributed by atoms with Crippen molar-refractivity contribution < 1.29 is 157 Å². The zero-order chi connectivity index (χ0) is 98.3. The fraction of sp³-hybridized carbons (Fsp3) is 0.0816. The smallest absolute Gasteiger partial charge is 0.239 e. The Balaban J connectivity index is 0.000000138. The molecule has 38 heteroatoms. The fourth-order valence-electron chi connectivity index (χ4n) is 14.0. The molecular weight excluding hydrogens is 1790 g/mol. The van der Waals surface area contributed by atoms with E-state index in [9.17, 15) is 126 Å². The van der Waals surface area contributed by atoms with E-state index in [2.05, 4.69) is 0 Å². The molecule has 12 aromatic carbocycles. The molecule has 0 saturated carbocycles. The maximum atomic E-state index is 12.8. The molecule has 0 radical (unpaired) electrons. The molecule has 6 aromatic heterocycles. The number of fused-ring (bicyclic) bond motifs is 6. The fourth-order valence-corrected chi connectivity index (χ4v) is 14.0.